The van der Waals surface area contributed by atoms with Gasteiger partial charge in [-0.15, -0.1) is 0 Å². The third-order valence-electron chi connectivity index (χ3n) is 4.16. The number of benzene rings is 1. The van der Waals surface area contributed by atoms with Gasteiger partial charge in [-0.25, -0.2) is 0 Å². The molecule has 1 saturated heterocycles. The van der Waals surface area contributed by atoms with Crippen LogP contribution in [-0.2, 0) is 16.0 Å². The lowest BCUT2D eigenvalue weighted by atomic mass is 10.00. The molecule has 0 spiro atoms. The lowest BCUT2D eigenvalue weighted by molar-refractivity contribution is -0.134. The van der Waals surface area contributed by atoms with E-state index >= 15 is 0 Å². The Bertz CT molecular complexity index is 556. The fourth-order valence-corrected chi connectivity index (χ4v) is 3.74. The first-order chi connectivity index (χ1) is 11.7. The zero-order valence-electron chi connectivity index (χ0n) is 14.4. The quantitative estimate of drug-likeness (QED) is 0.503. The first-order valence-corrected chi connectivity index (χ1v) is 9.98. The molecule has 0 radical (unpaired) electrons. The highest BCUT2D eigenvalue weighted by atomic mass is 32.2. The van der Waals surface area contributed by atoms with Crippen molar-refractivity contribution >= 4 is 23.5 Å². The first kappa shape index (κ1) is 18.8. The fraction of sp³-hybridized carbons (Fsp3) is 0.500. The van der Waals surface area contributed by atoms with Crippen molar-refractivity contribution in [1.82, 2.24) is 4.90 Å². The number of nitrogens with zero attached hydrogens (tertiary/aromatic N) is 1. The Hall–Kier alpha value is -1.55. The molecule has 2 rings (SSSR count). The lowest BCUT2D eigenvalue weighted by Gasteiger charge is -2.34. The highest BCUT2D eigenvalue weighted by molar-refractivity contribution is 7.99. The smallest absolute Gasteiger partial charge is 0.223 e. The van der Waals surface area contributed by atoms with Crippen molar-refractivity contribution in [1.29, 1.82) is 0 Å². The summed E-state index contributed by atoms with van der Waals surface area (Å²) >= 11 is 1.89. The largest absolute Gasteiger partial charge is 0.335 e. The van der Waals surface area contributed by atoms with E-state index in [2.05, 4.69) is 6.92 Å². The Balaban J connectivity index is 1.89. The topological polar surface area (TPSA) is 37.4 Å². The van der Waals surface area contributed by atoms with Crippen molar-refractivity contribution in [2.24, 2.45) is 0 Å². The molecule has 1 atom stereocenters. The van der Waals surface area contributed by atoms with Gasteiger partial charge in [0.1, 0.15) is 0 Å². The van der Waals surface area contributed by atoms with Gasteiger partial charge in [0.15, 0.2) is 5.78 Å². The number of carbonyl (C=O) groups is 2. The average molecular weight is 346 g/mol. The summed E-state index contributed by atoms with van der Waals surface area (Å²) < 4.78 is 0. The van der Waals surface area contributed by atoms with Gasteiger partial charge in [0, 0.05) is 25.1 Å². The molecule has 24 heavy (non-hydrogen) atoms. The number of allylic oxidation sites excluding steroid dienone is 1. The predicted molar refractivity (Wildman–Crippen MR) is 101 cm³/mol. The maximum absolute atomic E-state index is 12.2. The van der Waals surface area contributed by atoms with E-state index in [1.54, 1.807) is 6.08 Å². The van der Waals surface area contributed by atoms with Crippen LogP contribution >= 0.6 is 11.8 Å². The van der Waals surface area contributed by atoms with E-state index < -0.39 is 0 Å². The van der Waals surface area contributed by atoms with Crippen molar-refractivity contribution in [3.8, 4) is 0 Å². The molecular formula is C20H27NO2S. The minimum atomic E-state index is 0.0770. The molecule has 0 bridgehead atoms. The van der Waals surface area contributed by atoms with Crippen LogP contribution < -0.4 is 0 Å². The molecule has 1 aliphatic heterocycles. The minimum absolute atomic E-state index is 0.0770. The van der Waals surface area contributed by atoms with Gasteiger partial charge in [0.25, 0.3) is 0 Å². The summed E-state index contributed by atoms with van der Waals surface area (Å²) in [6, 6.07) is 9.85. The zero-order valence-corrected chi connectivity index (χ0v) is 15.3. The summed E-state index contributed by atoms with van der Waals surface area (Å²) in [5, 5.41) is 0. The maximum Gasteiger partial charge on any atom is 0.223 e. The Morgan fingerprint density at radius 3 is 2.83 bits per heavy atom. The second kappa shape index (κ2) is 10.3. The SMILES string of the molecule is CCCSCCN1C(=O)CCC[C@@H]1/C=C/C(=O)Cc1ccccc1. The van der Waals surface area contributed by atoms with Crippen LogP contribution in [0, 0.1) is 0 Å². The standard InChI is InChI=1S/C20H27NO2S/c1-2-14-24-15-13-21-18(9-6-10-20(21)23)11-12-19(22)16-17-7-4-3-5-8-17/h3-5,7-8,11-12,18H,2,6,9-10,13-16H2,1H3/b12-11+/t18-/m1/s1. The van der Waals surface area contributed by atoms with E-state index in [1.165, 1.54) is 0 Å². The molecule has 1 aromatic rings. The zero-order chi connectivity index (χ0) is 17.2. The van der Waals surface area contributed by atoms with Crippen molar-refractivity contribution in [3.63, 3.8) is 0 Å². The molecule has 1 heterocycles. The molecule has 1 amide bonds. The van der Waals surface area contributed by atoms with Crippen LogP contribution in [-0.4, -0.2) is 40.7 Å². The summed E-state index contributed by atoms with van der Waals surface area (Å²) in [5.41, 5.74) is 1.03. The highest BCUT2D eigenvalue weighted by Gasteiger charge is 2.25. The molecule has 1 aliphatic rings. The summed E-state index contributed by atoms with van der Waals surface area (Å²) in [7, 11) is 0. The maximum atomic E-state index is 12.2. The Labute approximate surface area is 149 Å². The van der Waals surface area contributed by atoms with Crippen LogP contribution in [0.15, 0.2) is 42.5 Å². The van der Waals surface area contributed by atoms with Crippen molar-refractivity contribution in [3.05, 3.63) is 48.0 Å². The molecular weight excluding hydrogens is 318 g/mol. The monoisotopic (exact) mass is 345 g/mol. The lowest BCUT2D eigenvalue weighted by Crippen LogP contribution is -2.43. The number of thioether (sulfide) groups is 1. The summed E-state index contributed by atoms with van der Waals surface area (Å²) in [6.07, 6.45) is 7.70. The number of likely N-dealkylation sites (tertiary alicyclic amines) is 1. The van der Waals surface area contributed by atoms with Gasteiger partial charge >= 0.3 is 0 Å². The summed E-state index contributed by atoms with van der Waals surface area (Å²) in [5.74, 6) is 2.43. The molecule has 0 N–H and O–H groups in total. The molecule has 4 heteroatoms. The van der Waals surface area contributed by atoms with Gasteiger partial charge in [-0.2, -0.15) is 11.8 Å². The second-order valence-electron chi connectivity index (χ2n) is 6.15. The van der Waals surface area contributed by atoms with Crippen LogP contribution in [0.25, 0.3) is 0 Å². The van der Waals surface area contributed by atoms with Gasteiger partial charge in [0.2, 0.25) is 5.91 Å². The fourth-order valence-electron chi connectivity index (χ4n) is 2.92. The van der Waals surface area contributed by atoms with E-state index in [-0.39, 0.29) is 17.7 Å². The number of amides is 1. The number of ketones is 1. The van der Waals surface area contributed by atoms with Crippen molar-refractivity contribution in [2.75, 3.05) is 18.1 Å². The van der Waals surface area contributed by atoms with Crippen LogP contribution in [0.3, 0.4) is 0 Å². The predicted octanol–water partition coefficient (Wildman–Crippen LogP) is 3.88. The van der Waals surface area contributed by atoms with Crippen LogP contribution in [0.4, 0.5) is 0 Å². The van der Waals surface area contributed by atoms with Gasteiger partial charge in [0.05, 0.1) is 6.04 Å². The van der Waals surface area contributed by atoms with Crippen LogP contribution in [0.2, 0.25) is 0 Å². The second-order valence-corrected chi connectivity index (χ2v) is 7.37. The van der Waals surface area contributed by atoms with Gasteiger partial charge in [-0.1, -0.05) is 43.3 Å². The van der Waals surface area contributed by atoms with Gasteiger partial charge in [-0.05, 0) is 36.7 Å². The number of rotatable bonds is 9. The van der Waals surface area contributed by atoms with E-state index in [4.69, 9.17) is 0 Å². The number of piperidine rings is 1. The van der Waals surface area contributed by atoms with E-state index in [0.717, 1.165) is 42.9 Å². The third-order valence-corrected chi connectivity index (χ3v) is 5.33. The van der Waals surface area contributed by atoms with Crippen LogP contribution in [0.1, 0.15) is 38.2 Å². The first-order valence-electron chi connectivity index (χ1n) is 8.83. The molecule has 1 fully saturated rings. The Morgan fingerprint density at radius 1 is 1.29 bits per heavy atom. The minimum Gasteiger partial charge on any atom is -0.335 e. The third kappa shape index (κ3) is 6.16. The van der Waals surface area contributed by atoms with Gasteiger partial charge in [-0.3, -0.25) is 9.59 Å². The number of hydrogen-bond acceptors (Lipinski definition) is 3. The summed E-state index contributed by atoms with van der Waals surface area (Å²) in [4.78, 5) is 26.3. The molecule has 0 aliphatic carbocycles. The normalized spacial score (nSPS) is 18.3. The molecule has 130 valence electrons. The van der Waals surface area contributed by atoms with E-state index in [0.29, 0.717) is 12.8 Å². The summed E-state index contributed by atoms with van der Waals surface area (Å²) in [6.45, 7) is 2.95. The highest BCUT2D eigenvalue weighted by Crippen LogP contribution is 2.20. The number of carbonyl (C=O) groups excluding carboxylic acids is 2. The van der Waals surface area contributed by atoms with Gasteiger partial charge < -0.3 is 4.90 Å². The molecule has 0 saturated carbocycles. The van der Waals surface area contributed by atoms with E-state index in [1.807, 2.05) is 53.1 Å². The Kier molecular flexibility index (Phi) is 8.10. The molecule has 1 aromatic carbocycles. The van der Waals surface area contributed by atoms with E-state index in [9.17, 15) is 9.59 Å². The van der Waals surface area contributed by atoms with Crippen molar-refractivity contribution in [2.45, 2.75) is 45.1 Å². The van der Waals surface area contributed by atoms with Crippen molar-refractivity contribution < 1.29 is 9.59 Å². The molecule has 0 aromatic heterocycles. The average Bonchev–Trinajstić information content (AvgIpc) is 2.59. The number of hydrogen-bond donors (Lipinski definition) is 0. The van der Waals surface area contributed by atoms with Crippen LogP contribution in [0.5, 0.6) is 0 Å². The molecule has 0 unspecified atom stereocenters. The Morgan fingerprint density at radius 2 is 2.08 bits per heavy atom. The molecule has 3 nitrogen and oxygen atoms in total.